The predicted molar refractivity (Wildman–Crippen MR) is 79.4 cm³/mol. The lowest BCUT2D eigenvalue weighted by molar-refractivity contribution is 0.0890. The first-order valence-electron chi connectivity index (χ1n) is 6.52. The van der Waals surface area contributed by atoms with Crippen molar-refractivity contribution < 1.29 is 10.0 Å². The summed E-state index contributed by atoms with van der Waals surface area (Å²) in [5.74, 6) is -0.0817. The largest absolute Gasteiger partial charge is 0.409 e. The van der Waals surface area contributed by atoms with Crippen molar-refractivity contribution in [1.29, 1.82) is 0 Å². The molecule has 1 aliphatic rings. The Morgan fingerprint density at radius 3 is 2.70 bits per heavy atom. The van der Waals surface area contributed by atoms with Gasteiger partial charge in [0.25, 0.3) is 5.91 Å². The van der Waals surface area contributed by atoms with Crippen molar-refractivity contribution in [3.63, 3.8) is 0 Å². The maximum absolute atomic E-state index is 12.4. The quantitative estimate of drug-likeness (QED) is 0.336. The summed E-state index contributed by atoms with van der Waals surface area (Å²) in [5, 5.41) is 17.0. The number of amidine groups is 1. The van der Waals surface area contributed by atoms with Crippen molar-refractivity contribution in [3.8, 4) is 0 Å². The Morgan fingerprint density at radius 2 is 2.20 bits per heavy atom. The standard InChI is InChI=1S/C13H20N4O2S/c1-9-3-8-20-10(9)11(18)15-13(12(14)16-19)4-6-17(2)7-5-13/h3,8,19H,4-7H2,1-2H3,(H2,14,16)(H,15,18). The van der Waals surface area contributed by atoms with Crippen LogP contribution in [0.3, 0.4) is 0 Å². The SMILES string of the molecule is Cc1ccsc1C(=O)NC1(/C(N)=N/O)CCN(C)CC1. The number of likely N-dealkylation sites (tertiary alicyclic amines) is 1. The van der Waals surface area contributed by atoms with E-state index in [2.05, 4.69) is 15.4 Å². The monoisotopic (exact) mass is 296 g/mol. The molecule has 0 bridgehead atoms. The van der Waals surface area contributed by atoms with Crippen molar-refractivity contribution >= 4 is 23.1 Å². The fourth-order valence-electron chi connectivity index (χ4n) is 2.42. The highest BCUT2D eigenvalue weighted by molar-refractivity contribution is 7.12. The molecule has 110 valence electrons. The Hall–Kier alpha value is -1.60. The van der Waals surface area contributed by atoms with Crippen LogP contribution in [-0.4, -0.2) is 47.5 Å². The summed E-state index contributed by atoms with van der Waals surface area (Å²) in [6, 6.07) is 1.91. The van der Waals surface area contributed by atoms with Crippen molar-refractivity contribution in [2.24, 2.45) is 10.9 Å². The second-order valence-corrected chi connectivity index (χ2v) is 6.17. The van der Waals surface area contributed by atoms with E-state index in [-0.39, 0.29) is 11.7 Å². The minimum absolute atomic E-state index is 0.0770. The maximum atomic E-state index is 12.4. The van der Waals surface area contributed by atoms with Crippen LogP contribution in [0.1, 0.15) is 28.1 Å². The van der Waals surface area contributed by atoms with Crippen LogP contribution in [0.4, 0.5) is 0 Å². The van der Waals surface area contributed by atoms with E-state index in [0.29, 0.717) is 17.7 Å². The zero-order chi connectivity index (χ0) is 14.8. The summed E-state index contributed by atoms with van der Waals surface area (Å²) in [5.41, 5.74) is 6.02. The Bertz CT molecular complexity index is 518. The van der Waals surface area contributed by atoms with E-state index in [1.807, 2.05) is 25.4 Å². The minimum atomic E-state index is -0.755. The average molecular weight is 296 g/mol. The van der Waals surface area contributed by atoms with Gasteiger partial charge in [0.2, 0.25) is 0 Å². The maximum Gasteiger partial charge on any atom is 0.262 e. The molecular formula is C13H20N4O2S. The predicted octanol–water partition coefficient (Wildman–Crippen LogP) is 0.997. The molecule has 7 heteroatoms. The molecule has 0 radical (unpaired) electrons. The molecule has 2 rings (SSSR count). The van der Waals surface area contributed by atoms with Gasteiger partial charge in [0.1, 0.15) is 5.54 Å². The molecule has 1 aromatic heterocycles. The van der Waals surface area contributed by atoms with Gasteiger partial charge in [-0.05, 0) is 43.8 Å². The fraction of sp³-hybridized carbons (Fsp3) is 0.538. The number of nitrogens with two attached hydrogens (primary N) is 1. The molecule has 1 saturated heterocycles. The highest BCUT2D eigenvalue weighted by Gasteiger charge is 2.40. The van der Waals surface area contributed by atoms with Gasteiger partial charge >= 0.3 is 0 Å². The zero-order valence-corrected chi connectivity index (χ0v) is 12.5. The van der Waals surface area contributed by atoms with Gasteiger partial charge < -0.3 is 21.2 Å². The number of nitrogens with zero attached hydrogens (tertiary/aromatic N) is 2. The third kappa shape index (κ3) is 2.78. The Kier molecular flexibility index (Phi) is 4.29. The molecule has 0 spiro atoms. The lowest BCUT2D eigenvalue weighted by atomic mass is 9.86. The van der Waals surface area contributed by atoms with Crippen LogP contribution in [0, 0.1) is 6.92 Å². The number of thiophene rings is 1. The summed E-state index contributed by atoms with van der Waals surface area (Å²) in [6.45, 7) is 3.48. The summed E-state index contributed by atoms with van der Waals surface area (Å²) in [7, 11) is 2.02. The number of hydrogen-bond donors (Lipinski definition) is 3. The molecule has 2 heterocycles. The molecule has 0 saturated carbocycles. The van der Waals surface area contributed by atoms with Crippen molar-refractivity contribution in [1.82, 2.24) is 10.2 Å². The molecule has 0 atom stereocenters. The van der Waals surface area contributed by atoms with E-state index in [0.717, 1.165) is 18.7 Å². The fourth-order valence-corrected chi connectivity index (χ4v) is 3.24. The number of aryl methyl sites for hydroxylation is 1. The van der Waals surface area contributed by atoms with Crippen LogP contribution >= 0.6 is 11.3 Å². The van der Waals surface area contributed by atoms with E-state index >= 15 is 0 Å². The summed E-state index contributed by atoms with van der Waals surface area (Å²) in [4.78, 5) is 15.2. The average Bonchev–Trinajstić information content (AvgIpc) is 2.87. The summed E-state index contributed by atoms with van der Waals surface area (Å²) < 4.78 is 0. The first-order chi connectivity index (χ1) is 9.48. The first kappa shape index (κ1) is 14.8. The topological polar surface area (TPSA) is 91.0 Å². The molecule has 0 unspecified atom stereocenters. The molecule has 0 aromatic carbocycles. The number of amides is 1. The van der Waals surface area contributed by atoms with Crippen molar-refractivity contribution in [3.05, 3.63) is 21.9 Å². The number of carbonyl (C=O) groups is 1. The van der Waals surface area contributed by atoms with Gasteiger partial charge in [-0.15, -0.1) is 11.3 Å². The number of piperidine rings is 1. The lowest BCUT2D eigenvalue weighted by Crippen LogP contribution is -2.62. The summed E-state index contributed by atoms with van der Waals surface area (Å²) >= 11 is 1.40. The molecule has 1 aromatic rings. The van der Waals surface area contributed by atoms with E-state index in [1.54, 1.807) is 0 Å². The van der Waals surface area contributed by atoms with Crippen LogP contribution in [0.15, 0.2) is 16.6 Å². The Balaban J connectivity index is 2.21. The molecule has 1 aliphatic heterocycles. The number of rotatable bonds is 3. The Morgan fingerprint density at radius 1 is 1.55 bits per heavy atom. The van der Waals surface area contributed by atoms with Gasteiger partial charge in [-0.2, -0.15) is 0 Å². The Labute approximate surface area is 122 Å². The van der Waals surface area contributed by atoms with Crippen LogP contribution in [0.25, 0.3) is 0 Å². The first-order valence-corrected chi connectivity index (χ1v) is 7.39. The van der Waals surface area contributed by atoms with Gasteiger partial charge in [0, 0.05) is 13.1 Å². The second kappa shape index (κ2) is 5.80. The van der Waals surface area contributed by atoms with Crippen molar-refractivity contribution in [2.75, 3.05) is 20.1 Å². The second-order valence-electron chi connectivity index (χ2n) is 5.26. The highest BCUT2D eigenvalue weighted by atomic mass is 32.1. The van der Waals surface area contributed by atoms with Crippen LogP contribution < -0.4 is 11.1 Å². The minimum Gasteiger partial charge on any atom is -0.409 e. The molecule has 1 fully saturated rings. The normalized spacial score (nSPS) is 19.8. The third-order valence-corrected chi connectivity index (χ3v) is 4.88. The molecule has 4 N–H and O–H groups in total. The smallest absolute Gasteiger partial charge is 0.262 e. The van der Waals surface area contributed by atoms with E-state index in [1.165, 1.54) is 11.3 Å². The molecule has 20 heavy (non-hydrogen) atoms. The highest BCUT2D eigenvalue weighted by Crippen LogP contribution is 2.24. The van der Waals surface area contributed by atoms with Crippen LogP contribution in [0.2, 0.25) is 0 Å². The third-order valence-electron chi connectivity index (χ3n) is 3.86. The lowest BCUT2D eigenvalue weighted by Gasteiger charge is -2.40. The molecule has 6 nitrogen and oxygen atoms in total. The van der Waals surface area contributed by atoms with E-state index in [9.17, 15) is 4.79 Å². The zero-order valence-electron chi connectivity index (χ0n) is 11.7. The van der Waals surface area contributed by atoms with E-state index in [4.69, 9.17) is 10.9 Å². The van der Waals surface area contributed by atoms with Crippen molar-refractivity contribution in [2.45, 2.75) is 25.3 Å². The number of carbonyl (C=O) groups excluding carboxylic acids is 1. The molecule has 1 amide bonds. The van der Waals surface area contributed by atoms with Gasteiger partial charge in [-0.25, -0.2) is 0 Å². The molecule has 0 aliphatic carbocycles. The van der Waals surface area contributed by atoms with Crippen LogP contribution in [-0.2, 0) is 0 Å². The summed E-state index contributed by atoms with van der Waals surface area (Å²) in [6.07, 6.45) is 1.27. The van der Waals surface area contributed by atoms with Gasteiger partial charge in [0.05, 0.1) is 4.88 Å². The van der Waals surface area contributed by atoms with E-state index < -0.39 is 5.54 Å². The number of hydrogen-bond acceptors (Lipinski definition) is 5. The molecular weight excluding hydrogens is 276 g/mol. The van der Waals surface area contributed by atoms with Gasteiger partial charge in [-0.3, -0.25) is 4.79 Å². The number of nitrogens with one attached hydrogen (secondary N) is 1. The van der Waals surface area contributed by atoms with Gasteiger partial charge in [-0.1, -0.05) is 5.16 Å². The van der Waals surface area contributed by atoms with Crippen LogP contribution in [0.5, 0.6) is 0 Å². The number of oxime groups is 1. The van der Waals surface area contributed by atoms with Gasteiger partial charge in [0.15, 0.2) is 5.84 Å².